The summed E-state index contributed by atoms with van der Waals surface area (Å²) < 4.78 is 23.0. The van der Waals surface area contributed by atoms with E-state index in [1.165, 1.54) is 11.8 Å². The van der Waals surface area contributed by atoms with Crippen LogP contribution in [0, 0.1) is 5.92 Å². The quantitative estimate of drug-likeness (QED) is 0.648. The average molecular weight is 247 g/mol. The molecule has 0 bridgehead atoms. The van der Waals surface area contributed by atoms with Crippen molar-refractivity contribution in [3.63, 3.8) is 0 Å². The summed E-state index contributed by atoms with van der Waals surface area (Å²) in [4.78, 5) is 23.9. The van der Waals surface area contributed by atoms with Crippen molar-refractivity contribution >= 4 is 21.7 Å². The van der Waals surface area contributed by atoms with Crippen LogP contribution >= 0.6 is 0 Å². The number of fused-ring (bicyclic) bond motifs is 1. The first-order valence-electron chi connectivity index (χ1n) is 5.01. The maximum atomic E-state index is 11.5. The van der Waals surface area contributed by atoms with Gasteiger partial charge < -0.3 is 10.0 Å². The molecule has 0 aliphatic carbocycles. The molecule has 2 aliphatic rings. The highest BCUT2D eigenvalue weighted by Crippen LogP contribution is 2.42. The van der Waals surface area contributed by atoms with Crippen molar-refractivity contribution in [3.05, 3.63) is 0 Å². The lowest BCUT2D eigenvalue weighted by molar-refractivity contribution is -0.155. The van der Waals surface area contributed by atoms with Gasteiger partial charge in [-0.1, -0.05) is 0 Å². The molecule has 0 aromatic rings. The molecule has 2 saturated heterocycles. The maximum absolute atomic E-state index is 11.5. The molecule has 0 radical (unpaired) electrons. The number of aliphatic carboxylic acids is 1. The summed E-state index contributed by atoms with van der Waals surface area (Å²) in [6.07, 6.45) is 0.450. The third kappa shape index (κ3) is 1.34. The summed E-state index contributed by atoms with van der Waals surface area (Å²) in [5.41, 5.74) is -1.51. The Morgan fingerprint density at radius 1 is 1.44 bits per heavy atom. The number of likely N-dealkylation sites (tertiary alicyclic amines) is 1. The number of carboxylic acid groups (broad SMARTS) is 1. The fraction of sp³-hybridized carbons (Fsp3) is 0.778. The Morgan fingerprint density at radius 2 is 2.06 bits per heavy atom. The molecule has 1 N–H and O–H groups in total. The minimum absolute atomic E-state index is 0.122. The summed E-state index contributed by atoms with van der Waals surface area (Å²) in [5, 5.41) is 9.27. The zero-order chi connectivity index (χ0) is 12.1. The highest BCUT2D eigenvalue weighted by atomic mass is 32.2. The number of amides is 1. The SMILES string of the molecule is CC(=O)N1CC[C@@H]2CS(=O)(=O)C[C@@]21C(=O)O. The standard InChI is InChI=1S/C9H13NO5S/c1-6(11)10-3-2-7-4-16(14,15)5-9(7,10)8(12)13/h7H,2-5H2,1H3,(H,12,13)/t7-,9+/m1/s1. The fourth-order valence-corrected chi connectivity index (χ4v) is 5.21. The van der Waals surface area contributed by atoms with E-state index in [1.54, 1.807) is 0 Å². The molecular weight excluding hydrogens is 234 g/mol. The fourth-order valence-electron chi connectivity index (χ4n) is 2.85. The van der Waals surface area contributed by atoms with Crippen molar-refractivity contribution in [2.24, 2.45) is 5.92 Å². The van der Waals surface area contributed by atoms with Gasteiger partial charge >= 0.3 is 5.97 Å². The maximum Gasteiger partial charge on any atom is 0.331 e. The van der Waals surface area contributed by atoms with Crippen molar-refractivity contribution in [1.82, 2.24) is 4.90 Å². The summed E-state index contributed by atoms with van der Waals surface area (Å²) in [7, 11) is -3.35. The van der Waals surface area contributed by atoms with E-state index in [1.807, 2.05) is 0 Å². The molecular formula is C9H13NO5S. The molecule has 0 aromatic heterocycles. The Kier molecular flexibility index (Phi) is 2.27. The van der Waals surface area contributed by atoms with E-state index >= 15 is 0 Å². The largest absolute Gasteiger partial charge is 0.479 e. The lowest BCUT2D eigenvalue weighted by atomic mass is 9.88. The molecule has 7 heteroatoms. The molecule has 90 valence electrons. The number of nitrogens with zero attached hydrogens (tertiary/aromatic N) is 1. The first kappa shape index (κ1) is 11.4. The topological polar surface area (TPSA) is 91.8 Å². The van der Waals surface area contributed by atoms with Crippen LogP contribution in [0.25, 0.3) is 0 Å². The molecule has 2 heterocycles. The van der Waals surface area contributed by atoms with E-state index in [9.17, 15) is 23.1 Å². The van der Waals surface area contributed by atoms with Crippen LogP contribution < -0.4 is 0 Å². The molecule has 6 nitrogen and oxygen atoms in total. The number of rotatable bonds is 1. The number of hydrogen-bond donors (Lipinski definition) is 1. The van der Waals surface area contributed by atoms with E-state index < -0.39 is 33.0 Å². The van der Waals surface area contributed by atoms with Gasteiger partial charge in [-0.25, -0.2) is 13.2 Å². The first-order chi connectivity index (χ1) is 7.29. The van der Waals surface area contributed by atoms with Gasteiger partial charge in [0.05, 0.1) is 11.5 Å². The van der Waals surface area contributed by atoms with Crippen molar-refractivity contribution in [2.45, 2.75) is 18.9 Å². The van der Waals surface area contributed by atoms with Crippen LogP contribution in [0.3, 0.4) is 0 Å². The van der Waals surface area contributed by atoms with Crippen LogP contribution in [0.15, 0.2) is 0 Å². The van der Waals surface area contributed by atoms with E-state index in [2.05, 4.69) is 0 Å². The number of carboxylic acids is 1. The Hall–Kier alpha value is -1.11. The molecule has 16 heavy (non-hydrogen) atoms. The van der Waals surface area contributed by atoms with Gasteiger partial charge in [0.2, 0.25) is 5.91 Å². The average Bonchev–Trinajstić information content (AvgIpc) is 2.54. The van der Waals surface area contributed by atoms with Gasteiger partial charge in [0, 0.05) is 19.4 Å². The highest BCUT2D eigenvalue weighted by molar-refractivity contribution is 7.91. The monoisotopic (exact) mass is 247 g/mol. The van der Waals surface area contributed by atoms with Gasteiger partial charge in [-0.05, 0) is 6.42 Å². The van der Waals surface area contributed by atoms with E-state index in [0.717, 1.165) is 0 Å². The Morgan fingerprint density at radius 3 is 2.56 bits per heavy atom. The highest BCUT2D eigenvalue weighted by Gasteiger charge is 2.63. The number of sulfone groups is 1. The molecule has 0 saturated carbocycles. The smallest absolute Gasteiger partial charge is 0.331 e. The van der Waals surface area contributed by atoms with E-state index in [0.29, 0.717) is 13.0 Å². The predicted octanol–water partition coefficient (Wildman–Crippen LogP) is -0.893. The van der Waals surface area contributed by atoms with E-state index in [-0.39, 0.29) is 11.7 Å². The second-order valence-electron chi connectivity index (χ2n) is 4.44. The summed E-state index contributed by atoms with van der Waals surface area (Å²) in [6, 6.07) is 0. The molecule has 0 unspecified atom stereocenters. The van der Waals surface area contributed by atoms with Gasteiger partial charge in [-0.3, -0.25) is 4.79 Å². The van der Waals surface area contributed by atoms with Crippen molar-refractivity contribution < 1.29 is 23.1 Å². The normalized spacial score (nSPS) is 36.1. The van der Waals surface area contributed by atoms with E-state index in [4.69, 9.17) is 0 Å². The second kappa shape index (κ2) is 3.19. The number of carbonyl (C=O) groups is 2. The van der Waals surface area contributed by atoms with Gasteiger partial charge in [0.25, 0.3) is 0 Å². The second-order valence-corrected chi connectivity index (χ2v) is 6.55. The Bertz CT molecular complexity index is 457. The number of hydrogen-bond acceptors (Lipinski definition) is 4. The first-order valence-corrected chi connectivity index (χ1v) is 6.84. The molecule has 2 rings (SSSR count). The van der Waals surface area contributed by atoms with Crippen LogP contribution in [0.5, 0.6) is 0 Å². The van der Waals surface area contributed by atoms with Crippen LogP contribution in [0.1, 0.15) is 13.3 Å². The van der Waals surface area contributed by atoms with Crippen molar-refractivity contribution in [3.8, 4) is 0 Å². The lowest BCUT2D eigenvalue weighted by Crippen LogP contribution is -2.56. The van der Waals surface area contributed by atoms with Crippen molar-refractivity contribution in [2.75, 3.05) is 18.1 Å². The Balaban J connectivity index is 2.51. The Labute approximate surface area is 93.1 Å². The molecule has 2 atom stereocenters. The van der Waals surface area contributed by atoms with Gasteiger partial charge in [-0.2, -0.15) is 0 Å². The summed E-state index contributed by atoms with van der Waals surface area (Å²) in [5.74, 6) is -2.60. The molecule has 0 spiro atoms. The molecule has 2 aliphatic heterocycles. The van der Waals surface area contributed by atoms with Gasteiger partial charge in [0.1, 0.15) is 0 Å². The third-order valence-corrected chi connectivity index (χ3v) is 5.29. The van der Waals surface area contributed by atoms with Crippen LogP contribution in [0.4, 0.5) is 0 Å². The minimum atomic E-state index is -3.35. The third-order valence-electron chi connectivity index (χ3n) is 3.50. The zero-order valence-electron chi connectivity index (χ0n) is 8.84. The molecule has 1 amide bonds. The summed E-state index contributed by atoms with van der Waals surface area (Å²) >= 11 is 0. The van der Waals surface area contributed by atoms with Crippen LogP contribution in [-0.2, 0) is 19.4 Å². The van der Waals surface area contributed by atoms with Crippen LogP contribution in [-0.4, -0.2) is 53.9 Å². The summed E-state index contributed by atoms with van der Waals surface area (Å²) in [6.45, 7) is 1.61. The van der Waals surface area contributed by atoms with Gasteiger partial charge in [0.15, 0.2) is 15.4 Å². The van der Waals surface area contributed by atoms with Crippen LogP contribution in [0.2, 0.25) is 0 Å². The minimum Gasteiger partial charge on any atom is -0.479 e. The molecule has 0 aromatic carbocycles. The van der Waals surface area contributed by atoms with Gasteiger partial charge in [-0.15, -0.1) is 0 Å². The number of carbonyl (C=O) groups excluding carboxylic acids is 1. The predicted molar refractivity (Wildman–Crippen MR) is 54.5 cm³/mol. The van der Waals surface area contributed by atoms with Crippen molar-refractivity contribution in [1.29, 1.82) is 0 Å². The lowest BCUT2D eigenvalue weighted by Gasteiger charge is -2.32. The zero-order valence-corrected chi connectivity index (χ0v) is 9.66. The molecule has 2 fully saturated rings.